The number of hydrogen-bond acceptors (Lipinski definition) is 4. The van der Waals surface area contributed by atoms with Crippen LogP contribution >= 0.6 is 11.6 Å². The molecule has 1 aromatic carbocycles. The Hall–Kier alpha value is -1.26. The molecule has 0 amide bonds. The van der Waals surface area contributed by atoms with E-state index in [-0.39, 0.29) is 0 Å². The first kappa shape index (κ1) is 17.8. The van der Waals surface area contributed by atoms with Crippen molar-refractivity contribution in [3.8, 4) is 5.75 Å². The summed E-state index contributed by atoms with van der Waals surface area (Å²) in [5, 5.41) is 0.632. The van der Waals surface area contributed by atoms with Crippen LogP contribution in [-0.4, -0.2) is 25.0 Å². The fourth-order valence-corrected chi connectivity index (χ4v) is 1.90. The third kappa shape index (κ3) is 6.36. The van der Waals surface area contributed by atoms with E-state index in [1.54, 1.807) is 32.0 Å². The zero-order valence-corrected chi connectivity index (χ0v) is 13.8. The molecular weight excluding hydrogens is 292 g/mol. The van der Waals surface area contributed by atoms with Gasteiger partial charge >= 0.3 is 5.97 Å². The van der Waals surface area contributed by atoms with Gasteiger partial charge in [-0.3, -0.25) is 0 Å². The molecule has 1 rings (SSSR count). The van der Waals surface area contributed by atoms with Crippen LogP contribution in [0.2, 0.25) is 5.02 Å². The van der Waals surface area contributed by atoms with E-state index in [1.165, 1.54) is 0 Å². The van der Waals surface area contributed by atoms with Crippen molar-refractivity contribution in [3.63, 3.8) is 0 Å². The summed E-state index contributed by atoms with van der Waals surface area (Å²) in [4.78, 5) is 11.9. The van der Waals surface area contributed by atoms with Crippen LogP contribution in [0.1, 0.15) is 39.2 Å². The predicted molar refractivity (Wildman–Crippen MR) is 82.7 cm³/mol. The van der Waals surface area contributed by atoms with Crippen molar-refractivity contribution in [2.45, 2.75) is 52.9 Å². The first-order valence-corrected chi connectivity index (χ1v) is 7.56. The molecule has 21 heavy (non-hydrogen) atoms. The van der Waals surface area contributed by atoms with Crippen molar-refractivity contribution in [3.05, 3.63) is 28.8 Å². The number of benzene rings is 1. The van der Waals surface area contributed by atoms with E-state index >= 15 is 0 Å². The average Bonchev–Trinajstić information content (AvgIpc) is 2.42. The molecule has 0 saturated heterocycles. The summed E-state index contributed by atoms with van der Waals surface area (Å²) in [6, 6.07) is 5.24. The molecule has 0 bridgehead atoms. The van der Waals surface area contributed by atoms with Crippen LogP contribution in [0.3, 0.4) is 0 Å². The van der Waals surface area contributed by atoms with Crippen molar-refractivity contribution >= 4 is 17.6 Å². The van der Waals surface area contributed by atoms with Crippen molar-refractivity contribution < 1.29 is 19.0 Å². The van der Waals surface area contributed by atoms with E-state index in [2.05, 4.69) is 6.92 Å². The van der Waals surface area contributed by atoms with Gasteiger partial charge in [-0.25, -0.2) is 4.79 Å². The number of esters is 1. The van der Waals surface area contributed by atoms with E-state index in [0.717, 1.165) is 18.4 Å². The smallest absolute Gasteiger partial charge is 0.349 e. The fraction of sp³-hybridized carbons (Fsp3) is 0.562. The van der Waals surface area contributed by atoms with Gasteiger partial charge in [-0.05, 0) is 51.0 Å². The molecule has 0 aliphatic heterocycles. The van der Waals surface area contributed by atoms with E-state index < -0.39 is 18.4 Å². The number of unbranched alkanes of at least 4 members (excludes halogenated alkanes) is 1. The maximum absolute atomic E-state index is 11.9. The Morgan fingerprint density at radius 1 is 1.33 bits per heavy atom. The van der Waals surface area contributed by atoms with Crippen LogP contribution in [0.25, 0.3) is 0 Å². The molecule has 1 aromatic rings. The van der Waals surface area contributed by atoms with Crippen molar-refractivity contribution in [2.24, 2.45) is 0 Å². The highest BCUT2D eigenvalue weighted by atomic mass is 35.5. The number of carbonyl (C=O) groups excluding carboxylic acids is 1. The highest BCUT2D eigenvalue weighted by Crippen LogP contribution is 2.23. The van der Waals surface area contributed by atoms with Crippen LogP contribution in [-0.2, 0) is 14.3 Å². The van der Waals surface area contributed by atoms with Crippen LogP contribution in [0, 0.1) is 6.92 Å². The number of ether oxygens (including phenoxy) is 3. The quantitative estimate of drug-likeness (QED) is 0.411. The molecular formula is C16H23ClO4. The Balaban J connectivity index is 2.47. The molecule has 2 unspecified atom stereocenters. The number of aryl methyl sites for hydroxylation is 1. The topological polar surface area (TPSA) is 44.8 Å². The van der Waals surface area contributed by atoms with Crippen LogP contribution in [0.5, 0.6) is 5.75 Å². The molecule has 5 heteroatoms. The average molecular weight is 315 g/mol. The molecule has 0 aliphatic rings. The SMILES string of the molecule is CCCCOC(C)OC(=O)C(C)Oc1ccc(Cl)cc1C. The normalized spacial score (nSPS) is 13.6. The van der Waals surface area contributed by atoms with Gasteiger partial charge in [-0.15, -0.1) is 0 Å². The van der Waals surface area contributed by atoms with Gasteiger partial charge in [-0.2, -0.15) is 0 Å². The highest BCUT2D eigenvalue weighted by Gasteiger charge is 2.20. The summed E-state index contributed by atoms with van der Waals surface area (Å²) in [6.45, 7) is 7.87. The summed E-state index contributed by atoms with van der Waals surface area (Å²) in [6.07, 6.45) is 0.706. The van der Waals surface area contributed by atoms with Crippen LogP contribution in [0.15, 0.2) is 18.2 Å². The number of carbonyl (C=O) groups is 1. The molecule has 0 saturated carbocycles. The minimum Gasteiger partial charge on any atom is -0.479 e. The van der Waals surface area contributed by atoms with Crippen molar-refractivity contribution in [1.82, 2.24) is 0 Å². The first-order valence-electron chi connectivity index (χ1n) is 7.19. The zero-order valence-electron chi connectivity index (χ0n) is 13.0. The van der Waals surface area contributed by atoms with E-state index in [9.17, 15) is 4.79 Å². The zero-order chi connectivity index (χ0) is 15.8. The Morgan fingerprint density at radius 2 is 2.05 bits per heavy atom. The van der Waals surface area contributed by atoms with Gasteiger partial charge in [0.1, 0.15) is 5.75 Å². The second-order valence-electron chi connectivity index (χ2n) is 4.90. The van der Waals surface area contributed by atoms with Gasteiger partial charge < -0.3 is 14.2 Å². The Kier molecular flexibility index (Phi) is 7.54. The van der Waals surface area contributed by atoms with Gasteiger partial charge in [-0.1, -0.05) is 24.9 Å². The summed E-state index contributed by atoms with van der Waals surface area (Å²) < 4.78 is 16.2. The standard InChI is InChI=1S/C16H23ClO4/c1-5-6-9-19-13(4)21-16(18)12(3)20-15-8-7-14(17)10-11(15)2/h7-8,10,12-13H,5-6,9H2,1-4H3. The third-order valence-electron chi connectivity index (χ3n) is 2.91. The van der Waals surface area contributed by atoms with Gasteiger partial charge in [0.2, 0.25) is 0 Å². The van der Waals surface area contributed by atoms with Crippen LogP contribution < -0.4 is 4.74 Å². The third-order valence-corrected chi connectivity index (χ3v) is 3.14. The fourth-order valence-electron chi connectivity index (χ4n) is 1.67. The molecule has 0 heterocycles. The van der Waals surface area contributed by atoms with Crippen LogP contribution in [0.4, 0.5) is 0 Å². The first-order chi connectivity index (χ1) is 9.93. The predicted octanol–water partition coefficient (Wildman–Crippen LogP) is 4.12. The Bertz CT molecular complexity index is 462. The molecule has 0 spiro atoms. The molecule has 0 aliphatic carbocycles. The second-order valence-corrected chi connectivity index (χ2v) is 5.34. The molecule has 4 nitrogen and oxygen atoms in total. The molecule has 118 valence electrons. The molecule has 2 atom stereocenters. The van der Waals surface area contributed by atoms with Crippen molar-refractivity contribution in [2.75, 3.05) is 6.61 Å². The molecule has 0 N–H and O–H groups in total. The molecule has 0 aromatic heterocycles. The van der Waals surface area contributed by atoms with Crippen molar-refractivity contribution in [1.29, 1.82) is 0 Å². The summed E-state index contributed by atoms with van der Waals surface area (Å²) in [5.41, 5.74) is 0.870. The molecule has 0 fully saturated rings. The van der Waals surface area contributed by atoms with E-state index in [4.69, 9.17) is 25.8 Å². The lowest BCUT2D eigenvalue weighted by atomic mass is 10.2. The van der Waals surface area contributed by atoms with E-state index in [1.807, 2.05) is 6.92 Å². The minimum absolute atomic E-state index is 0.451. The Labute approximate surface area is 131 Å². The maximum atomic E-state index is 11.9. The monoisotopic (exact) mass is 314 g/mol. The van der Waals surface area contributed by atoms with Gasteiger partial charge in [0, 0.05) is 5.02 Å². The van der Waals surface area contributed by atoms with Gasteiger partial charge in [0.25, 0.3) is 0 Å². The van der Waals surface area contributed by atoms with Gasteiger partial charge in [0.15, 0.2) is 12.4 Å². The summed E-state index contributed by atoms with van der Waals surface area (Å²) in [7, 11) is 0. The lowest BCUT2D eigenvalue weighted by molar-refractivity contribution is -0.181. The highest BCUT2D eigenvalue weighted by molar-refractivity contribution is 6.30. The lowest BCUT2D eigenvalue weighted by Crippen LogP contribution is -2.30. The summed E-state index contributed by atoms with van der Waals surface area (Å²) >= 11 is 5.88. The second kappa shape index (κ2) is 8.90. The molecule has 0 radical (unpaired) electrons. The largest absolute Gasteiger partial charge is 0.479 e. The van der Waals surface area contributed by atoms with Gasteiger partial charge in [0.05, 0.1) is 6.61 Å². The Morgan fingerprint density at radius 3 is 2.67 bits per heavy atom. The van der Waals surface area contributed by atoms with E-state index in [0.29, 0.717) is 17.4 Å². The number of rotatable bonds is 8. The number of hydrogen-bond donors (Lipinski definition) is 0. The summed E-state index contributed by atoms with van der Waals surface area (Å²) in [5.74, 6) is 0.164. The minimum atomic E-state index is -0.706. The lowest BCUT2D eigenvalue weighted by Gasteiger charge is -2.19. The maximum Gasteiger partial charge on any atom is 0.349 e. The number of halogens is 1.